The van der Waals surface area contributed by atoms with Crippen molar-refractivity contribution in [1.29, 1.82) is 0 Å². The fraction of sp³-hybridized carbons (Fsp3) is 0.200. The Balaban J connectivity index is 1.69. The van der Waals surface area contributed by atoms with Gasteiger partial charge in [0.05, 0.1) is 16.6 Å². The highest BCUT2D eigenvalue weighted by Gasteiger charge is 2.35. The van der Waals surface area contributed by atoms with Gasteiger partial charge in [-0.2, -0.15) is 4.68 Å². The Bertz CT molecular complexity index is 1110. The largest absolute Gasteiger partial charge is 0.468 e. The molecule has 1 N–H and O–H groups in total. The summed E-state index contributed by atoms with van der Waals surface area (Å²) in [5, 5.41) is 31.8. The zero-order valence-electron chi connectivity index (χ0n) is 14.9. The van der Waals surface area contributed by atoms with Crippen LogP contribution < -0.4 is 5.32 Å². The Morgan fingerprint density at radius 2 is 2.00 bits per heavy atom. The van der Waals surface area contributed by atoms with E-state index in [0.29, 0.717) is 5.56 Å². The third-order valence-corrected chi connectivity index (χ3v) is 3.83. The van der Waals surface area contributed by atoms with Gasteiger partial charge in [-0.05, 0) is 29.5 Å². The molecular formula is C15H13FN8O5. The lowest BCUT2D eigenvalue weighted by Crippen LogP contribution is -2.21. The molecule has 0 fully saturated rings. The van der Waals surface area contributed by atoms with E-state index in [-0.39, 0.29) is 18.2 Å². The number of amides is 1. The predicted molar refractivity (Wildman–Crippen MR) is 94.4 cm³/mol. The van der Waals surface area contributed by atoms with Crippen molar-refractivity contribution < 1.29 is 19.0 Å². The molecule has 150 valence electrons. The fourth-order valence-corrected chi connectivity index (χ4v) is 2.56. The van der Waals surface area contributed by atoms with Crippen molar-refractivity contribution in [2.45, 2.75) is 20.0 Å². The Hall–Kier alpha value is -4.23. The molecule has 0 atom stereocenters. The van der Waals surface area contributed by atoms with Gasteiger partial charge in [-0.1, -0.05) is 12.1 Å². The van der Waals surface area contributed by atoms with E-state index in [0.717, 1.165) is 4.68 Å². The van der Waals surface area contributed by atoms with Crippen molar-refractivity contribution in [3.05, 3.63) is 67.9 Å². The molecule has 3 aromatic rings. The zero-order valence-corrected chi connectivity index (χ0v) is 14.9. The molecule has 0 radical (unpaired) electrons. The lowest BCUT2D eigenvalue weighted by Gasteiger charge is -2.02. The van der Waals surface area contributed by atoms with Crippen LogP contribution in [0.1, 0.15) is 11.3 Å². The van der Waals surface area contributed by atoms with E-state index < -0.39 is 39.6 Å². The molecule has 14 heteroatoms. The van der Waals surface area contributed by atoms with Gasteiger partial charge in [-0.15, -0.1) is 5.10 Å². The molecule has 0 spiro atoms. The molecule has 2 heterocycles. The Kier molecular flexibility index (Phi) is 5.25. The highest BCUT2D eigenvalue weighted by molar-refractivity contribution is 5.88. The number of carbonyl (C=O) groups is 1. The summed E-state index contributed by atoms with van der Waals surface area (Å²) >= 11 is 0. The van der Waals surface area contributed by atoms with Gasteiger partial charge in [0.1, 0.15) is 24.4 Å². The third kappa shape index (κ3) is 4.37. The van der Waals surface area contributed by atoms with Crippen molar-refractivity contribution in [1.82, 2.24) is 24.5 Å². The highest BCUT2D eigenvalue weighted by atomic mass is 19.1. The quantitative estimate of drug-likeness (QED) is 0.456. The lowest BCUT2D eigenvalue weighted by atomic mass is 10.2. The normalized spacial score (nSPS) is 10.7. The molecule has 2 aromatic heterocycles. The minimum Gasteiger partial charge on any atom is -0.358 e. The molecule has 0 saturated carbocycles. The van der Waals surface area contributed by atoms with Crippen LogP contribution >= 0.6 is 0 Å². The number of rotatable bonds is 7. The van der Waals surface area contributed by atoms with Gasteiger partial charge in [-0.25, -0.2) is 14.1 Å². The molecule has 29 heavy (non-hydrogen) atoms. The van der Waals surface area contributed by atoms with E-state index in [9.17, 15) is 29.4 Å². The minimum absolute atomic E-state index is 0.0554. The number of nitrogens with zero attached hydrogens (tertiary/aromatic N) is 7. The highest BCUT2D eigenvalue weighted by Crippen LogP contribution is 2.29. The van der Waals surface area contributed by atoms with Crippen molar-refractivity contribution in [2.75, 3.05) is 5.32 Å². The number of hydrogen-bond acceptors (Lipinski definition) is 8. The van der Waals surface area contributed by atoms with Crippen LogP contribution in [0.25, 0.3) is 0 Å². The number of nitrogens with one attached hydrogen (secondary N) is 1. The molecule has 13 nitrogen and oxygen atoms in total. The maximum absolute atomic E-state index is 13.2. The van der Waals surface area contributed by atoms with E-state index in [1.54, 1.807) is 12.1 Å². The average molecular weight is 404 g/mol. The first-order valence-electron chi connectivity index (χ1n) is 8.04. The molecule has 0 aliphatic rings. The number of carbonyl (C=O) groups excluding carboxylic acids is 1. The van der Waals surface area contributed by atoms with Crippen LogP contribution in [0.5, 0.6) is 0 Å². The first kappa shape index (κ1) is 19.5. The summed E-state index contributed by atoms with van der Waals surface area (Å²) in [7, 11) is 0. The summed E-state index contributed by atoms with van der Waals surface area (Å²) in [5.74, 6) is -2.09. The van der Waals surface area contributed by atoms with Gasteiger partial charge in [-0.3, -0.25) is 20.2 Å². The van der Waals surface area contributed by atoms with E-state index in [4.69, 9.17) is 0 Å². The van der Waals surface area contributed by atoms with Crippen molar-refractivity contribution in [2.24, 2.45) is 0 Å². The summed E-state index contributed by atoms with van der Waals surface area (Å²) in [5.41, 5.74) is -0.277. The molecule has 0 unspecified atom stereocenters. The topological polar surface area (TPSA) is 164 Å². The Morgan fingerprint density at radius 3 is 2.62 bits per heavy atom. The first-order chi connectivity index (χ1) is 13.7. The summed E-state index contributed by atoms with van der Waals surface area (Å²) in [6.07, 6.45) is 1.33. The number of nitro groups is 2. The van der Waals surface area contributed by atoms with Crippen LogP contribution in [-0.4, -0.2) is 40.3 Å². The number of halogens is 1. The van der Waals surface area contributed by atoms with Gasteiger partial charge in [0.2, 0.25) is 5.95 Å². The van der Waals surface area contributed by atoms with Crippen LogP contribution in [0, 0.1) is 33.0 Å². The number of anilines is 1. The van der Waals surface area contributed by atoms with Crippen LogP contribution in [0.3, 0.4) is 0 Å². The Labute approximate surface area is 161 Å². The van der Waals surface area contributed by atoms with E-state index in [2.05, 4.69) is 20.5 Å². The lowest BCUT2D eigenvalue weighted by molar-refractivity contribution is -0.424. The second kappa shape index (κ2) is 7.79. The Morgan fingerprint density at radius 1 is 1.24 bits per heavy atom. The monoisotopic (exact) mass is 404 g/mol. The number of hydrogen-bond donors (Lipinski definition) is 1. The van der Waals surface area contributed by atoms with E-state index in [1.807, 2.05) is 0 Å². The summed E-state index contributed by atoms with van der Waals surface area (Å²) in [6, 6.07) is 5.89. The standard InChI is InChI=1S/C15H13FN8O5/c1-9-13(23(26)27)14(24(28)29)19-22(9)7-12(25)18-15-17-8-21(20-15)6-10-3-2-4-11(16)5-10/h2-5,8H,6-7H2,1H3,(H,18,20,25). The van der Waals surface area contributed by atoms with Gasteiger partial charge >= 0.3 is 11.5 Å². The third-order valence-electron chi connectivity index (χ3n) is 3.83. The minimum atomic E-state index is -0.991. The van der Waals surface area contributed by atoms with E-state index in [1.165, 1.54) is 30.1 Å². The SMILES string of the molecule is Cc1c([N+](=O)[O-])c([N+](=O)[O-])nn1CC(=O)Nc1ncn(Cc2cccc(F)c2)n1. The molecule has 0 aliphatic heterocycles. The average Bonchev–Trinajstić information content (AvgIpc) is 3.19. The van der Waals surface area contributed by atoms with Crippen LogP contribution in [0.15, 0.2) is 30.6 Å². The second-order valence-corrected chi connectivity index (χ2v) is 5.87. The second-order valence-electron chi connectivity index (χ2n) is 5.87. The molecule has 0 saturated heterocycles. The number of aromatic nitrogens is 5. The predicted octanol–water partition coefficient (Wildman–Crippen LogP) is 1.43. The van der Waals surface area contributed by atoms with Gasteiger partial charge < -0.3 is 10.1 Å². The summed E-state index contributed by atoms with van der Waals surface area (Å²) in [6.45, 7) is 0.952. The zero-order chi connectivity index (χ0) is 21.1. The number of benzene rings is 1. The summed E-state index contributed by atoms with van der Waals surface area (Å²) < 4.78 is 15.5. The van der Waals surface area contributed by atoms with Crippen LogP contribution in [0.2, 0.25) is 0 Å². The van der Waals surface area contributed by atoms with E-state index >= 15 is 0 Å². The van der Waals surface area contributed by atoms with Gasteiger partial charge in [0.15, 0.2) is 0 Å². The molecule has 3 rings (SSSR count). The molecule has 1 aromatic carbocycles. The van der Waals surface area contributed by atoms with Crippen molar-refractivity contribution in [3.63, 3.8) is 0 Å². The maximum Gasteiger partial charge on any atom is 0.468 e. The van der Waals surface area contributed by atoms with Gasteiger partial charge in [0.25, 0.3) is 5.91 Å². The molecule has 1 amide bonds. The smallest absolute Gasteiger partial charge is 0.358 e. The van der Waals surface area contributed by atoms with Crippen molar-refractivity contribution >= 4 is 23.4 Å². The fourth-order valence-electron chi connectivity index (χ4n) is 2.56. The molecule has 0 bridgehead atoms. The maximum atomic E-state index is 13.2. The van der Waals surface area contributed by atoms with Crippen LogP contribution in [-0.2, 0) is 17.9 Å². The summed E-state index contributed by atoms with van der Waals surface area (Å²) in [4.78, 5) is 36.1. The molecular weight excluding hydrogens is 391 g/mol. The van der Waals surface area contributed by atoms with Crippen molar-refractivity contribution in [3.8, 4) is 0 Å². The van der Waals surface area contributed by atoms with Crippen LogP contribution in [0.4, 0.5) is 21.8 Å². The molecule has 0 aliphatic carbocycles. The van der Waals surface area contributed by atoms with Gasteiger partial charge in [0, 0.05) is 0 Å². The first-order valence-corrected chi connectivity index (χ1v) is 8.04.